The highest BCUT2D eigenvalue weighted by atomic mass is 35.5. The van der Waals surface area contributed by atoms with Crippen LogP contribution in [0.15, 0.2) is 24.3 Å². The normalized spacial score (nSPS) is 23.0. The van der Waals surface area contributed by atoms with Crippen LogP contribution in [0.5, 0.6) is 0 Å². The summed E-state index contributed by atoms with van der Waals surface area (Å²) in [6.45, 7) is 3.94. The van der Waals surface area contributed by atoms with Gasteiger partial charge in [0, 0.05) is 31.3 Å². The number of carbonyl (C=O) groups excluding carboxylic acids is 1. The molecule has 25 heavy (non-hydrogen) atoms. The lowest BCUT2D eigenvalue weighted by atomic mass is 9.72. The van der Waals surface area contributed by atoms with Crippen molar-refractivity contribution in [1.82, 2.24) is 10.2 Å². The van der Waals surface area contributed by atoms with Crippen molar-refractivity contribution in [3.63, 3.8) is 0 Å². The predicted octanol–water partition coefficient (Wildman–Crippen LogP) is 3.27. The van der Waals surface area contributed by atoms with E-state index in [0.29, 0.717) is 24.2 Å². The van der Waals surface area contributed by atoms with E-state index in [9.17, 15) is 4.79 Å². The molecular formula is C19H28Cl2N2O2. The van der Waals surface area contributed by atoms with Gasteiger partial charge in [-0.05, 0) is 62.9 Å². The number of benzene rings is 1. The lowest BCUT2D eigenvalue weighted by Gasteiger charge is -2.43. The SMILES string of the molecule is CNCC1CCCN(C(=O)C2(c3cccc(Cl)c3)CCOCC2)C1.Cl. The second kappa shape index (κ2) is 9.22. The fourth-order valence-electron chi connectivity index (χ4n) is 4.14. The molecule has 2 heterocycles. The molecule has 1 atom stereocenters. The molecular weight excluding hydrogens is 359 g/mol. The van der Waals surface area contributed by atoms with Crippen LogP contribution in [0.2, 0.25) is 5.02 Å². The number of likely N-dealkylation sites (tertiary alicyclic amines) is 1. The molecule has 1 unspecified atom stereocenters. The van der Waals surface area contributed by atoms with Crippen LogP contribution < -0.4 is 5.32 Å². The topological polar surface area (TPSA) is 41.6 Å². The monoisotopic (exact) mass is 386 g/mol. The van der Waals surface area contributed by atoms with E-state index in [1.165, 1.54) is 6.42 Å². The molecule has 6 heteroatoms. The number of hydrogen-bond acceptors (Lipinski definition) is 3. The van der Waals surface area contributed by atoms with Gasteiger partial charge in [0.25, 0.3) is 0 Å². The number of piperidine rings is 1. The van der Waals surface area contributed by atoms with Crippen LogP contribution in [0, 0.1) is 5.92 Å². The summed E-state index contributed by atoms with van der Waals surface area (Å²) < 4.78 is 5.56. The van der Waals surface area contributed by atoms with Crippen molar-refractivity contribution in [2.24, 2.45) is 5.92 Å². The lowest BCUT2D eigenvalue weighted by molar-refractivity contribution is -0.143. The molecule has 1 aromatic carbocycles. The van der Waals surface area contributed by atoms with E-state index in [1.54, 1.807) is 0 Å². The summed E-state index contributed by atoms with van der Waals surface area (Å²) >= 11 is 6.22. The lowest BCUT2D eigenvalue weighted by Crippen LogP contribution is -2.53. The van der Waals surface area contributed by atoms with E-state index in [0.717, 1.165) is 44.5 Å². The summed E-state index contributed by atoms with van der Waals surface area (Å²) in [5.41, 5.74) is 0.559. The van der Waals surface area contributed by atoms with Gasteiger partial charge in [-0.3, -0.25) is 4.79 Å². The zero-order valence-corrected chi connectivity index (χ0v) is 16.4. The Morgan fingerprint density at radius 3 is 2.84 bits per heavy atom. The number of hydrogen-bond donors (Lipinski definition) is 1. The van der Waals surface area contributed by atoms with Crippen molar-refractivity contribution in [2.75, 3.05) is 39.9 Å². The van der Waals surface area contributed by atoms with Gasteiger partial charge in [0.2, 0.25) is 5.91 Å². The van der Waals surface area contributed by atoms with Crippen molar-refractivity contribution in [3.8, 4) is 0 Å². The maximum atomic E-state index is 13.5. The molecule has 0 spiro atoms. The van der Waals surface area contributed by atoms with Crippen molar-refractivity contribution in [2.45, 2.75) is 31.1 Å². The van der Waals surface area contributed by atoms with Gasteiger partial charge < -0.3 is 15.0 Å². The molecule has 2 aliphatic rings. The average Bonchev–Trinajstić information content (AvgIpc) is 2.62. The number of amides is 1. The first kappa shape index (κ1) is 20.5. The van der Waals surface area contributed by atoms with Gasteiger partial charge >= 0.3 is 0 Å². The zero-order chi connectivity index (χ0) is 17.0. The van der Waals surface area contributed by atoms with Crippen LogP contribution >= 0.6 is 24.0 Å². The molecule has 1 N–H and O–H groups in total. The summed E-state index contributed by atoms with van der Waals surface area (Å²) in [5, 5.41) is 3.94. The summed E-state index contributed by atoms with van der Waals surface area (Å²) in [6, 6.07) is 7.82. The summed E-state index contributed by atoms with van der Waals surface area (Å²) in [6.07, 6.45) is 3.75. The molecule has 0 aliphatic carbocycles. The van der Waals surface area contributed by atoms with E-state index in [4.69, 9.17) is 16.3 Å². The predicted molar refractivity (Wildman–Crippen MR) is 104 cm³/mol. The van der Waals surface area contributed by atoms with Crippen molar-refractivity contribution in [1.29, 1.82) is 0 Å². The Bertz CT molecular complexity index is 574. The molecule has 4 nitrogen and oxygen atoms in total. The number of ether oxygens (including phenoxy) is 1. The highest BCUT2D eigenvalue weighted by molar-refractivity contribution is 6.30. The minimum absolute atomic E-state index is 0. The highest BCUT2D eigenvalue weighted by Crippen LogP contribution is 2.38. The van der Waals surface area contributed by atoms with E-state index in [2.05, 4.69) is 10.2 Å². The Balaban J connectivity index is 0.00000225. The molecule has 2 aliphatic heterocycles. The maximum absolute atomic E-state index is 13.5. The van der Waals surface area contributed by atoms with Gasteiger partial charge in [0.05, 0.1) is 5.41 Å². The maximum Gasteiger partial charge on any atom is 0.233 e. The minimum Gasteiger partial charge on any atom is -0.381 e. The molecule has 140 valence electrons. The van der Waals surface area contributed by atoms with Crippen molar-refractivity contribution in [3.05, 3.63) is 34.9 Å². The van der Waals surface area contributed by atoms with Gasteiger partial charge in [0.15, 0.2) is 0 Å². The molecule has 0 saturated carbocycles. The summed E-state index contributed by atoms with van der Waals surface area (Å²) in [5.74, 6) is 0.804. The molecule has 1 amide bonds. The molecule has 0 aromatic heterocycles. The smallest absolute Gasteiger partial charge is 0.233 e. The highest BCUT2D eigenvalue weighted by Gasteiger charge is 2.44. The van der Waals surface area contributed by atoms with Gasteiger partial charge in [-0.15, -0.1) is 12.4 Å². The second-order valence-corrected chi connectivity index (χ2v) is 7.46. The third-order valence-electron chi connectivity index (χ3n) is 5.43. The van der Waals surface area contributed by atoms with E-state index < -0.39 is 5.41 Å². The third kappa shape index (κ3) is 4.48. The molecule has 0 bridgehead atoms. The van der Waals surface area contributed by atoms with Crippen LogP contribution in [-0.4, -0.2) is 50.7 Å². The van der Waals surface area contributed by atoms with Gasteiger partial charge in [-0.1, -0.05) is 23.7 Å². The Labute approximate surface area is 161 Å². The van der Waals surface area contributed by atoms with Crippen LogP contribution in [0.4, 0.5) is 0 Å². The van der Waals surface area contributed by atoms with Crippen LogP contribution in [0.25, 0.3) is 0 Å². The minimum atomic E-state index is -0.481. The van der Waals surface area contributed by atoms with Gasteiger partial charge in [-0.2, -0.15) is 0 Å². The second-order valence-electron chi connectivity index (χ2n) is 7.02. The number of nitrogens with one attached hydrogen (secondary N) is 1. The molecule has 1 aromatic rings. The third-order valence-corrected chi connectivity index (χ3v) is 5.67. The summed E-state index contributed by atoms with van der Waals surface area (Å²) in [4.78, 5) is 15.6. The van der Waals surface area contributed by atoms with Crippen LogP contribution in [0.3, 0.4) is 0 Å². The molecule has 0 radical (unpaired) electrons. The average molecular weight is 387 g/mol. The molecule has 2 saturated heterocycles. The van der Waals surface area contributed by atoms with Gasteiger partial charge in [-0.25, -0.2) is 0 Å². The molecule has 3 rings (SSSR count). The first-order chi connectivity index (χ1) is 11.7. The largest absolute Gasteiger partial charge is 0.381 e. The van der Waals surface area contributed by atoms with E-state index >= 15 is 0 Å². The Hall–Kier alpha value is -0.810. The first-order valence-electron chi connectivity index (χ1n) is 8.93. The van der Waals surface area contributed by atoms with E-state index in [-0.39, 0.29) is 18.3 Å². The quantitative estimate of drug-likeness (QED) is 0.862. The Morgan fingerprint density at radius 2 is 2.16 bits per heavy atom. The van der Waals surface area contributed by atoms with Crippen molar-refractivity contribution >= 4 is 29.9 Å². The van der Waals surface area contributed by atoms with Gasteiger partial charge in [0.1, 0.15) is 0 Å². The molecule has 2 fully saturated rings. The first-order valence-corrected chi connectivity index (χ1v) is 9.31. The fourth-order valence-corrected chi connectivity index (χ4v) is 4.33. The number of carbonyl (C=O) groups is 1. The Kier molecular flexibility index (Phi) is 7.56. The Morgan fingerprint density at radius 1 is 1.40 bits per heavy atom. The fraction of sp³-hybridized carbons (Fsp3) is 0.632. The van der Waals surface area contributed by atoms with Crippen LogP contribution in [-0.2, 0) is 14.9 Å². The number of nitrogens with zero attached hydrogens (tertiary/aromatic N) is 1. The zero-order valence-electron chi connectivity index (χ0n) is 14.8. The standard InChI is InChI=1S/C19H27ClN2O2.ClH/c1-21-13-15-4-3-9-22(14-15)18(23)19(7-10-24-11-8-19)16-5-2-6-17(20)12-16;/h2,5-6,12,15,21H,3-4,7-11,13-14H2,1H3;1H. The summed E-state index contributed by atoms with van der Waals surface area (Å²) in [7, 11) is 1.98. The van der Waals surface area contributed by atoms with Crippen molar-refractivity contribution < 1.29 is 9.53 Å². The van der Waals surface area contributed by atoms with Crippen LogP contribution in [0.1, 0.15) is 31.2 Å². The number of rotatable bonds is 4. The van der Waals surface area contributed by atoms with E-state index in [1.807, 2.05) is 31.3 Å². The number of halogens is 2.